The summed E-state index contributed by atoms with van der Waals surface area (Å²) in [5, 5.41) is 3.23. The molecule has 3 nitrogen and oxygen atoms in total. The van der Waals surface area contributed by atoms with E-state index in [1.807, 2.05) is 7.05 Å². The van der Waals surface area contributed by atoms with Crippen LogP contribution in [0.2, 0.25) is 0 Å². The predicted molar refractivity (Wildman–Crippen MR) is 59.8 cm³/mol. The normalized spacial score (nSPS) is 24.9. The van der Waals surface area contributed by atoms with Crippen LogP contribution in [0.5, 0.6) is 0 Å². The molecule has 0 saturated heterocycles. The van der Waals surface area contributed by atoms with Gasteiger partial charge in [0.05, 0.1) is 0 Å². The van der Waals surface area contributed by atoms with Gasteiger partial charge in [0.1, 0.15) is 0 Å². The maximum atomic E-state index is 12.6. The number of hydrogen-bond acceptors (Lipinski definition) is 3. The average molecular weight is 231 g/mol. The molecule has 0 unspecified atom stereocenters. The largest absolute Gasteiger partial charge is 0.356 e. The molecule has 2 rings (SSSR count). The number of hydrogen-bond donors (Lipinski definition) is 1. The second-order valence-electron chi connectivity index (χ2n) is 4.83. The summed E-state index contributed by atoms with van der Waals surface area (Å²) in [6, 6.07) is 0. The first kappa shape index (κ1) is 11.6. The number of rotatable bonds is 3. The van der Waals surface area contributed by atoms with Gasteiger partial charge in [-0.15, -0.1) is 0 Å². The lowest BCUT2D eigenvalue weighted by Crippen LogP contribution is -2.44. The highest BCUT2D eigenvalue weighted by Gasteiger charge is 2.44. The van der Waals surface area contributed by atoms with Gasteiger partial charge in [-0.3, -0.25) is 4.99 Å². The fourth-order valence-electron chi connectivity index (χ4n) is 2.29. The highest BCUT2D eigenvalue weighted by Crippen LogP contribution is 2.43. The van der Waals surface area contributed by atoms with E-state index in [9.17, 15) is 8.78 Å². The van der Waals surface area contributed by atoms with Gasteiger partial charge in [0, 0.05) is 39.5 Å². The lowest BCUT2D eigenvalue weighted by atomic mass is 9.79. The quantitative estimate of drug-likeness (QED) is 0.800. The van der Waals surface area contributed by atoms with E-state index in [4.69, 9.17) is 0 Å². The topological polar surface area (TPSA) is 27.6 Å². The number of nitrogens with one attached hydrogen (secondary N) is 1. The molecule has 0 aromatic heterocycles. The summed E-state index contributed by atoms with van der Waals surface area (Å²) in [6.07, 6.45) is 2.05. The fraction of sp³-hybridized carbons (Fsp3) is 0.909. The summed E-state index contributed by atoms with van der Waals surface area (Å²) in [5.41, 5.74) is 0. The molecule has 1 heterocycles. The minimum absolute atomic E-state index is 0.0665. The van der Waals surface area contributed by atoms with E-state index in [1.54, 1.807) is 0 Å². The van der Waals surface area contributed by atoms with E-state index in [1.165, 1.54) is 0 Å². The molecule has 1 aliphatic carbocycles. The lowest BCUT2D eigenvalue weighted by Gasteiger charge is -2.35. The Balaban J connectivity index is 1.63. The molecule has 92 valence electrons. The van der Waals surface area contributed by atoms with Crippen LogP contribution in [0.25, 0.3) is 0 Å². The van der Waals surface area contributed by atoms with Crippen LogP contribution in [-0.2, 0) is 0 Å². The van der Waals surface area contributed by atoms with Gasteiger partial charge in [-0.1, -0.05) is 0 Å². The van der Waals surface area contributed by atoms with Crippen LogP contribution in [-0.4, -0.2) is 43.5 Å². The molecule has 1 fully saturated rings. The van der Waals surface area contributed by atoms with Gasteiger partial charge in [0.15, 0.2) is 5.96 Å². The molecule has 1 aliphatic heterocycles. The molecule has 0 aromatic carbocycles. The van der Waals surface area contributed by atoms with Crippen molar-refractivity contribution in [1.82, 2.24) is 10.2 Å². The maximum absolute atomic E-state index is 12.6. The van der Waals surface area contributed by atoms with Gasteiger partial charge in [0.2, 0.25) is 5.92 Å². The van der Waals surface area contributed by atoms with Gasteiger partial charge in [0.25, 0.3) is 0 Å². The second kappa shape index (κ2) is 4.55. The van der Waals surface area contributed by atoms with Crippen LogP contribution in [0.4, 0.5) is 8.78 Å². The van der Waals surface area contributed by atoms with E-state index in [-0.39, 0.29) is 18.8 Å². The summed E-state index contributed by atoms with van der Waals surface area (Å²) >= 11 is 0. The van der Waals surface area contributed by atoms with Crippen LogP contribution in [0.1, 0.15) is 25.7 Å². The van der Waals surface area contributed by atoms with Crippen LogP contribution >= 0.6 is 0 Å². The van der Waals surface area contributed by atoms with E-state index in [0.717, 1.165) is 38.4 Å². The van der Waals surface area contributed by atoms with Crippen molar-refractivity contribution in [2.75, 3.05) is 26.7 Å². The molecule has 16 heavy (non-hydrogen) atoms. The summed E-state index contributed by atoms with van der Waals surface area (Å²) in [7, 11) is 2.00. The Labute approximate surface area is 94.9 Å². The van der Waals surface area contributed by atoms with Gasteiger partial charge in [-0.25, -0.2) is 8.78 Å². The molecule has 0 atom stereocenters. The summed E-state index contributed by atoms with van der Waals surface area (Å²) in [5.74, 6) is -1.28. The number of nitrogens with zero attached hydrogens (tertiary/aromatic N) is 2. The highest BCUT2D eigenvalue weighted by atomic mass is 19.3. The smallest absolute Gasteiger partial charge is 0.248 e. The number of halogens is 2. The molecule has 1 N–H and O–H groups in total. The molecule has 2 aliphatic rings. The van der Waals surface area contributed by atoms with E-state index < -0.39 is 5.92 Å². The zero-order valence-corrected chi connectivity index (χ0v) is 9.68. The molecule has 0 spiro atoms. The van der Waals surface area contributed by atoms with Crippen molar-refractivity contribution in [3.8, 4) is 0 Å². The van der Waals surface area contributed by atoms with Crippen LogP contribution < -0.4 is 5.32 Å². The Morgan fingerprint density at radius 2 is 2.25 bits per heavy atom. The number of aliphatic imine (C=N–C) groups is 1. The Kier molecular flexibility index (Phi) is 3.30. The third-order valence-corrected chi connectivity index (χ3v) is 3.29. The van der Waals surface area contributed by atoms with Crippen molar-refractivity contribution in [2.24, 2.45) is 10.9 Å². The molecule has 5 heteroatoms. The van der Waals surface area contributed by atoms with Crippen molar-refractivity contribution in [3.63, 3.8) is 0 Å². The molecular formula is C11H19F2N3. The van der Waals surface area contributed by atoms with Gasteiger partial charge < -0.3 is 10.2 Å². The SMILES string of the molecule is CN1CCCN=C1NCCC1CC(F)(F)C1. The summed E-state index contributed by atoms with van der Waals surface area (Å²) in [6.45, 7) is 2.64. The van der Waals surface area contributed by atoms with Crippen LogP contribution in [0.15, 0.2) is 4.99 Å². The van der Waals surface area contributed by atoms with Crippen molar-refractivity contribution in [1.29, 1.82) is 0 Å². The van der Waals surface area contributed by atoms with Gasteiger partial charge in [-0.2, -0.15) is 0 Å². The van der Waals surface area contributed by atoms with E-state index in [2.05, 4.69) is 15.2 Å². The van der Waals surface area contributed by atoms with Gasteiger partial charge >= 0.3 is 0 Å². The fourth-order valence-corrected chi connectivity index (χ4v) is 2.29. The van der Waals surface area contributed by atoms with Crippen molar-refractivity contribution >= 4 is 5.96 Å². The first-order chi connectivity index (χ1) is 7.57. The first-order valence-corrected chi connectivity index (χ1v) is 5.94. The second-order valence-corrected chi connectivity index (χ2v) is 4.83. The Morgan fingerprint density at radius 3 is 2.88 bits per heavy atom. The average Bonchev–Trinajstić information content (AvgIpc) is 2.18. The maximum Gasteiger partial charge on any atom is 0.248 e. The monoisotopic (exact) mass is 231 g/mol. The van der Waals surface area contributed by atoms with E-state index >= 15 is 0 Å². The third-order valence-electron chi connectivity index (χ3n) is 3.29. The number of guanidine groups is 1. The zero-order chi connectivity index (χ0) is 11.6. The Morgan fingerprint density at radius 1 is 1.50 bits per heavy atom. The third kappa shape index (κ3) is 2.83. The van der Waals surface area contributed by atoms with Crippen LogP contribution in [0, 0.1) is 5.92 Å². The Bertz CT molecular complexity index is 270. The highest BCUT2D eigenvalue weighted by molar-refractivity contribution is 5.80. The molecule has 0 amide bonds. The Hall–Kier alpha value is -0.870. The molecule has 0 bridgehead atoms. The summed E-state index contributed by atoms with van der Waals surface area (Å²) in [4.78, 5) is 6.45. The summed E-state index contributed by atoms with van der Waals surface area (Å²) < 4.78 is 25.2. The van der Waals surface area contributed by atoms with Crippen LogP contribution in [0.3, 0.4) is 0 Å². The molecule has 0 aromatic rings. The van der Waals surface area contributed by atoms with Gasteiger partial charge in [-0.05, 0) is 18.8 Å². The number of alkyl halides is 2. The molecule has 1 saturated carbocycles. The predicted octanol–water partition coefficient (Wildman–Crippen LogP) is 1.70. The van der Waals surface area contributed by atoms with Crippen molar-refractivity contribution < 1.29 is 8.78 Å². The van der Waals surface area contributed by atoms with Crippen molar-refractivity contribution in [3.05, 3.63) is 0 Å². The lowest BCUT2D eigenvalue weighted by molar-refractivity contribution is -0.111. The zero-order valence-electron chi connectivity index (χ0n) is 9.68. The molecule has 0 radical (unpaired) electrons. The van der Waals surface area contributed by atoms with Crippen molar-refractivity contribution in [2.45, 2.75) is 31.6 Å². The van der Waals surface area contributed by atoms with E-state index in [0.29, 0.717) is 0 Å². The first-order valence-electron chi connectivity index (χ1n) is 5.94. The minimum Gasteiger partial charge on any atom is -0.356 e. The standard InChI is InChI=1S/C11H19F2N3/c1-16-6-2-4-14-10(16)15-5-3-9-7-11(12,13)8-9/h9H,2-8H2,1H3,(H,14,15). The molecular weight excluding hydrogens is 212 g/mol. The minimum atomic E-state index is -2.39.